The first-order valence-corrected chi connectivity index (χ1v) is 5.67. The number of hydrogen-bond donors (Lipinski definition) is 2. The topological polar surface area (TPSA) is 55.1 Å². The molecular weight excluding hydrogens is 176 g/mol. The highest BCUT2D eigenvalue weighted by Crippen LogP contribution is 2.34. The molecule has 3 N–H and O–H groups in total. The van der Waals surface area contributed by atoms with Gasteiger partial charge in [0.15, 0.2) is 0 Å². The zero-order chi connectivity index (χ0) is 10.6. The molecule has 1 amide bonds. The molecule has 1 aliphatic rings. The van der Waals surface area contributed by atoms with Crippen molar-refractivity contribution < 1.29 is 4.79 Å². The van der Waals surface area contributed by atoms with Crippen LogP contribution in [0, 0.1) is 5.92 Å². The minimum Gasteiger partial charge on any atom is -0.370 e. The van der Waals surface area contributed by atoms with E-state index in [0.717, 1.165) is 5.92 Å². The number of hydrogen-bond acceptors (Lipinski definition) is 2. The van der Waals surface area contributed by atoms with Crippen LogP contribution in [0.25, 0.3) is 0 Å². The van der Waals surface area contributed by atoms with Crippen LogP contribution < -0.4 is 11.1 Å². The summed E-state index contributed by atoms with van der Waals surface area (Å²) in [5.41, 5.74) is 5.16. The van der Waals surface area contributed by atoms with E-state index in [1.165, 1.54) is 25.7 Å². The molecule has 0 aromatic heterocycles. The van der Waals surface area contributed by atoms with E-state index in [0.29, 0.717) is 12.5 Å². The SMILES string of the molecule is CCCC(NC(C)CC(N)=O)C1CC1. The smallest absolute Gasteiger partial charge is 0.218 e. The Kier molecular flexibility index (Phi) is 4.39. The molecule has 3 nitrogen and oxygen atoms in total. The second-order valence-corrected chi connectivity index (χ2v) is 4.47. The molecule has 0 aromatic carbocycles. The third kappa shape index (κ3) is 4.09. The van der Waals surface area contributed by atoms with Crippen molar-refractivity contribution in [3.05, 3.63) is 0 Å². The van der Waals surface area contributed by atoms with Crippen LogP contribution in [0.4, 0.5) is 0 Å². The van der Waals surface area contributed by atoms with E-state index in [4.69, 9.17) is 5.73 Å². The Morgan fingerprint density at radius 2 is 2.21 bits per heavy atom. The van der Waals surface area contributed by atoms with Crippen LogP contribution in [-0.4, -0.2) is 18.0 Å². The Bertz CT molecular complexity index is 190. The lowest BCUT2D eigenvalue weighted by atomic mass is 10.1. The summed E-state index contributed by atoms with van der Waals surface area (Å²) in [6, 6.07) is 0.832. The fourth-order valence-electron chi connectivity index (χ4n) is 1.99. The molecule has 2 atom stereocenters. The molecular formula is C11H22N2O. The van der Waals surface area contributed by atoms with Gasteiger partial charge in [0.2, 0.25) is 5.91 Å². The first-order chi connectivity index (χ1) is 6.63. The van der Waals surface area contributed by atoms with Crippen molar-refractivity contribution in [1.82, 2.24) is 5.32 Å². The molecule has 0 saturated heterocycles. The van der Waals surface area contributed by atoms with Crippen LogP contribution in [0.1, 0.15) is 46.0 Å². The maximum atomic E-state index is 10.7. The minimum atomic E-state index is -0.212. The molecule has 1 saturated carbocycles. The third-order valence-electron chi connectivity index (χ3n) is 2.80. The van der Waals surface area contributed by atoms with Gasteiger partial charge in [-0.1, -0.05) is 13.3 Å². The van der Waals surface area contributed by atoms with Gasteiger partial charge in [0.1, 0.15) is 0 Å². The van der Waals surface area contributed by atoms with Crippen molar-refractivity contribution in [3.63, 3.8) is 0 Å². The molecule has 1 aliphatic carbocycles. The number of rotatable bonds is 7. The van der Waals surface area contributed by atoms with E-state index < -0.39 is 0 Å². The monoisotopic (exact) mass is 198 g/mol. The van der Waals surface area contributed by atoms with Gasteiger partial charge in [-0.3, -0.25) is 4.79 Å². The van der Waals surface area contributed by atoms with Crippen molar-refractivity contribution in [2.75, 3.05) is 0 Å². The maximum absolute atomic E-state index is 10.7. The first-order valence-electron chi connectivity index (χ1n) is 5.67. The Morgan fingerprint density at radius 1 is 1.57 bits per heavy atom. The summed E-state index contributed by atoms with van der Waals surface area (Å²) < 4.78 is 0. The summed E-state index contributed by atoms with van der Waals surface area (Å²) in [7, 11) is 0. The lowest BCUT2D eigenvalue weighted by molar-refractivity contribution is -0.118. The molecule has 1 rings (SSSR count). The number of nitrogens with one attached hydrogen (secondary N) is 1. The number of nitrogens with two attached hydrogens (primary N) is 1. The van der Waals surface area contributed by atoms with Crippen molar-refractivity contribution in [1.29, 1.82) is 0 Å². The lowest BCUT2D eigenvalue weighted by Gasteiger charge is -2.22. The highest BCUT2D eigenvalue weighted by atomic mass is 16.1. The van der Waals surface area contributed by atoms with E-state index in [9.17, 15) is 4.79 Å². The lowest BCUT2D eigenvalue weighted by Crippen LogP contribution is -2.40. The molecule has 0 bridgehead atoms. The summed E-state index contributed by atoms with van der Waals surface area (Å²) in [6.07, 6.45) is 5.57. The van der Waals surface area contributed by atoms with Crippen molar-refractivity contribution in [3.8, 4) is 0 Å². The maximum Gasteiger partial charge on any atom is 0.218 e. The first kappa shape index (κ1) is 11.5. The molecule has 0 radical (unpaired) electrons. The molecule has 82 valence electrons. The van der Waals surface area contributed by atoms with E-state index in [2.05, 4.69) is 12.2 Å². The highest BCUT2D eigenvalue weighted by Gasteiger charge is 2.31. The van der Waals surface area contributed by atoms with Gasteiger partial charge in [0.05, 0.1) is 0 Å². The molecule has 0 aliphatic heterocycles. The average Bonchev–Trinajstić information content (AvgIpc) is 2.83. The van der Waals surface area contributed by atoms with E-state index in [-0.39, 0.29) is 11.9 Å². The zero-order valence-corrected chi connectivity index (χ0v) is 9.25. The number of amides is 1. The molecule has 3 heteroatoms. The molecule has 0 heterocycles. The molecule has 14 heavy (non-hydrogen) atoms. The number of primary amides is 1. The van der Waals surface area contributed by atoms with Crippen molar-refractivity contribution in [2.24, 2.45) is 11.7 Å². The van der Waals surface area contributed by atoms with Crippen LogP contribution in [0.3, 0.4) is 0 Å². The van der Waals surface area contributed by atoms with Crippen LogP contribution >= 0.6 is 0 Å². The molecule has 2 unspecified atom stereocenters. The fourth-order valence-corrected chi connectivity index (χ4v) is 1.99. The number of carbonyl (C=O) groups excluding carboxylic acids is 1. The third-order valence-corrected chi connectivity index (χ3v) is 2.80. The van der Waals surface area contributed by atoms with Gasteiger partial charge in [-0.25, -0.2) is 0 Å². The van der Waals surface area contributed by atoms with Crippen molar-refractivity contribution >= 4 is 5.91 Å². The molecule has 0 aromatic rings. The summed E-state index contributed by atoms with van der Waals surface area (Å²) in [6.45, 7) is 4.24. The number of carbonyl (C=O) groups is 1. The van der Waals surface area contributed by atoms with Gasteiger partial charge in [-0.2, -0.15) is 0 Å². The van der Waals surface area contributed by atoms with Gasteiger partial charge in [0.25, 0.3) is 0 Å². The van der Waals surface area contributed by atoms with Crippen LogP contribution in [0.5, 0.6) is 0 Å². The Balaban J connectivity index is 2.26. The summed E-state index contributed by atoms with van der Waals surface area (Å²) >= 11 is 0. The average molecular weight is 198 g/mol. The predicted octanol–water partition coefficient (Wildman–Crippen LogP) is 1.42. The Hall–Kier alpha value is -0.570. The minimum absolute atomic E-state index is 0.212. The standard InChI is InChI=1S/C11H22N2O/c1-3-4-10(9-5-6-9)13-8(2)7-11(12)14/h8-10,13H,3-7H2,1-2H3,(H2,12,14). The van der Waals surface area contributed by atoms with Gasteiger partial charge in [-0.05, 0) is 32.1 Å². The van der Waals surface area contributed by atoms with Crippen LogP contribution in [0.2, 0.25) is 0 Å². The van der Waals surface area contributed by atoms with Gasteiger partial charge >= 0.3 is 0 Å². The van der Waals surface area contributed by atoms with E-state index >= 15 is 0 Å². The van der Waals surface area contributed by atoms with Crippen LogP contribution in [0.15, 0.2) is 0 Å². The fraction of sp³-hybridized carbons (Fsp3) is 0.909. The highest BCUT2D eigenvalue weighted by molar-refractivity contribution is 5.74. The molecule has 0 spiro atoms. The quantitative estimate of drug-likeness (QED) is 0.650. The second kappa shape index (κ2) is 5.35. The summed E-state index contributed by atoms with van der Waals surface area (Å²) in [5, 5.41) is 3.51. The second-order valence-electron chi connectivity index (χ2n) is 4.47. The summed E-state index contributed by atoms with van der Waals surface area (Å²) in [5.74, 6) is 0.640. The Morgan fingerprint density at radius 3 is 2.64 bits per heavy atom. The Labute approximate surface area is 86.4 Å². The predicted molar refractivity (Wildman–Crippen MR) is 57.8 cm³/mol. The normalized spacial score (nSPS) is 20.4. The molecule has 1 fully saturated rings. The van der Waals surface area contributed by atoms with Gasteiger partial charge in [0, 0.05) is 18.5 Å². The van der Waals surface area contributed by atoms with Crippen LogP contribution in [-0.2, 0) is 4.79 Å². The zero-order valence-electron chi connectivity index (χ0n) is 9.25. The largest absolute Gasteiger partial charge is 0.370 e. The van der Waals surface area contributed by atoms with Gasteiger partial charge < -0.3 is 11.1 Å². The van der Waals surface area contributed by atoms with Gasteiger partial charge in [-0.15, -0.1) is 0 Å². The van der Waals surface area contributed by atoms with E-state index in [1.54, 1.807) is 0 Å². The van der Waals surface area contributed by atoms with E-state index in [1.807, 2.05) is 6.92 Å². The summed E-state index contributed by atoms with van der Waals surface area (Å²) in [4.78, 5) is 10.7. The van der Waals surface area contributed by atoms with Crippen molar-refractivity contribution in [2.45, 2.75) is 58.0 Å².